The third kappa shape index (κ3) is 3.99. The number of amides is 1. The van der Waals surface area contributed by atoms with E-state index >= 15 is 0 Å². The van der Waals surface area contributed by atoms with E-state index in [0.29, 0.717) is 29.4 Å². The second kappa shape index (κ2) is 8.09. The molecule has 0 saturated carbocycles. The molecular formula is C22H25N3O3S2. The first-order valence-electron chi connectivity index (χ1n) is 10.0. The van der Waals surface area contributed by atoms with Crippen molar-refractivity contribution in [2.45, 2.75) is 31.6 Å². The average Bonchev–Trinajstić information content (AvgIpc) is 3.02. The van der Waals surface area contributed by atoms with Crippen molar-refractivity contribution >= 4 is 37.5 Å². The molecule has 0 bridgehead atoms. The van der Waals surface area contributed by atoms with Crippen molar-refractivity contribution < 1.29 is 13.2 Å². The Morgan fingerprint density at radius 1 is 1.17 bits per heavy atom. The van der Waals surface area contributed by atoms with Crippen LogP contribution in [0.25, 0.3) is 10.2 Å². The van der Waals surface area contributed by atoms with Gasteiger partial charge in [0.1, 0.15) is 0 Å². The minimum absolute atomic E-state index is 0.219. The molecule has 0 spiro atoms. The fraction of sp³-hybridized carbons (Fsp3) is 0.364. The van der Waals surface area contributed by atoms with Crippen molar-refractivity contribution in [3.8, 4) is 0 Å². The Kier molecular flexibility index (Phi) is 5.65. The number of fused-ring (bicyclic) bond motifs is 1. The van der Waals surface area contributed by atoms with Gasteiger partial charge in [0.2, 0.25) is 10.0 Å². The van der Waals surface area contributed by atoms with E-state index in [2.05, 4.69) is 18.0 Å². The molecule has 1 atom stereocenters. The molecule has 4 rings (SSSR count). The van der Waals surface area contributed by atoms with Crippen LogP contribution < -0.4 is 4.80 Å². The fourth-order valence-corrected chi connectivity index (χ4v) is 6.50. The number of nitrogens with zero attached hydrogens (tertiary/aromatic N) is 3. The molecule has 1 fully saturated rings. The number of hydrogen-bond acceptors (Lipinski definition) is 4. The van der Waals surface area contributed by atoms with Gasteiger partial charge in [-0.2, -0.15) is 9.30 Å². The average molecular weight is 444 g/mol. The molecule has 1 aliphatic rings. The van der Waals surface area contributed by atoms with Gasteiger partial charge in [0.15, 0.2) is 4.80 Å². The molecule has 0 radical (unpaired) electrons. The molecule has 3 aromatic rings. The molecule has 1 amide bonds. The zero-order valence-electron chi connectivity index (χ0n) is 17.3. The lowest BCUT2D eigenvalue weighted by Crippen LogP contribution is -2.39. The summed E-state index contributed by atoms with van der Waals surface area (Å²) in [5, 5.41) is 0. The molecule has 1 unspecified atom stereocenters. The first-order chi connectivity index (χ1) is 14.3. The number of hydrogen-bond donors (Lipinski definition) is 0. The SMILES string of the molecule is Cc1ccc2c(c1)sc(=NC(=O)c1ccc(S(=O)(=O)N3CCCC(C)C3)cc1)n2C. The van der Waals surface area contributed by atoms with Gasteiger partial charge in [-0.15, -0.1) is 0 Å². The van der Waals surface area contributed by atoms with Crippen LogP contribution in [0.4, 0.5) is 0 Å². The van der Waals surface area contributed by atoms with Gasteiger partial charge < -0.3 is 4.57 Å². The number of rotatable bonds is 3. The van der Waals surface area contributed by atoms with Crippen LogP contribution in [0.2, 0.25) is 0 Å². The Labute approximate surface area is 180 Å². The van der Waals surface area contributed by atoms with Crippen LogP contribution in [-0.2, 0) is 17.1 Å². The summed E-state index contributed by atoms with van der Waals surface area (Å²) >= 11 is 1.46. The molecule has 0 N–H and O–H groups in total. The number of sulfonamides is 1. The summed E-state index contributed by atoms with van der Waals surface area (Å²) < 4.78 is 30.3. The number of aryl methyl sites for hydroxylation is 2. The van der Waals surface area contributed by atoms with E-state index < -0.39 is 10.0 Å². The van der Waals surface area contributed by atoms with Crippen LogP contribution >= 0.6 is 11.3 Å². The Hall–Kier alpha value is -2.29. The highest BCUT2D eigenvalue weighted by molar-refractivity contribution is 7.89. The third-order valence-electron chi connectivity index (χ3n) is 5.52. The number of carbonyl (C=O) groups excluding carboxylic acids is 1. The maximum Gasteiger partial charge on any atom is 0.279 e. The molecule has 2 heterocycles. The molecule has 8 heteroatoms. The van der Waals surface area contributed by atoms with Crippen LogP contribution in [0.15, 0.2) is 52.4 Å². The lowest BCUT2D eigenvalue weighted by atomic mass is 10.0. The molecule has 2 aromatic carbocycles. The van der Waals surface area contributed by atoms with Gasteiger partial charge in [-0.1, -0.05) is 24.3 Å². The van der Waals surface area contributed by atoms with Crippen LogP contribution in [-0.4, -0.2) is 36.3 Å². The highest BCUT2D eigenvalue weighted by Crippen LogP contribution is 2.24. The molecule has 30 heavy (non-hydrogen) atoms. The molecule has 158 valence electrons. The molecule has 1 aromatic heterocycles. The summed E-state index contributed by atoms with van der Waals surface area (Å²) in [6.45, 7) is 5.19. The highest BCUT2D eigenvalue weighted by atomic mass is 32.2. The summed E-state index contributed by atoms with van der Waals surface area (Å²) in [5.74, 6) is -0.0246. The van der Waals surface area contributed by atoms with E-state index in [0.717, 1.165) is 28.6 Å². The largest absolute Gasteiger partial charge is 0.319 e. The van der Waals surface area contributed by atoms with Gasteiger partial charge in [0, 0.05) is 25.7 Å². The molecule has 1 aliphatic heterocycles. The predicted molar refractivity (Wildman–Crippen MR) is 119 cm³/mol. The number of thiazole rings is 1. The van der Waals surface area contributed by atoms with Crippen LogP contribution in [0.5, 0.6) is 0 Å². The maximum absolute atomic E-state index is 12.9. The highest BCUT2D eigenvalue weighted by Gasteiger charge is 2.28. The summed E-state index contributed by atoms with van der Waals surface area (Å²) in [6.07, 6.45) is 1.93. The summed E-state index contributed by atoms with van der Waals surface area (Å²) in [7, 11) is -1.65. The van der Waals surface area contributed by atoms with Crippen molar-refractivity contribution in [2.24, 2.45) is 18.0 Å². The van der Waals surface area contributed by atoms with E-state index in [1.165, 1.54) is 23.5 Å². The molecule has 0 aliphatic carbocycles. The first-order valence-corrected chi connectivity index (χ1v) is 12.3. The minimum atomic E-state index is -3.54. The number of aromatic nitrogens is 1. The van der Waals surface area contributed by atoms with Gasteiger partial charge in [0.25, 0.3) is 5.91 Å². The Morgan fingerprint density at radius 3 is 2.60 bits per heavy atom. The minimum Gasteiger partial charge on any atom is -0.319 e. The zero-order valence-corrected chi connectivity index (χ0v) is 19.0. The van der Waals surface area contributed by atoms with Crippen LogP contribution in [0.1, 0.15) is 35.7 Å². The van der Waals surface area contributed by atoms with E-state index in [1.807, 2.05) is 30.7 Å². The van der Waals surface area contributed by atoms with E-state index in [-0.39, 0.29) is 10.8 Å². The monoisotopic (exact) mass is 443 g/mol. The Bertz CT molecular complexity index is 1270. The van der Waals surface area contributed by atoms with Gasteiger partial charge in [0.05, 0.1) is 15.1 Å². The van der Waals surface area contributed by atoms with Crippen molar-refractivity contribution in [1.82, 2.24) is 8.87 Å². The van der Waals surface area contributed by atoms with Gasteiger partial charge in [-0.25, -0.2) is 8.42 Å². The number of carbonyl (C=O) groups is 1. The first kappa shape index (κ1) is 21.0. The normalized spacial score (nSPS) is 18.8. The molecule has 6 nitrogen and oxygen atoms in total. The predicted octanol–water partition coefficient (Wildman–Crippen LogP) is 3.71. The van der Waals surface area contributed by atoms with Gasteiger partial charge >= 0.3 is 0 Å². The standard InChI is InChI=1S/C22H25N3O3S2/c1-15-6-11-19-20(13-15)29-22(24(19)3)23-21(26)17-7-9-18(10-8-17)30(27,28)25-12-4-5-16(2)14-25/h6-11,13,16H,4-5,12,14H2,1-3H3. The second-order valence-corrected chi connectivity index (χ2v) is 10.9. The van der Waals surface area contributed by atoms with Crippen molar-refractivity contribution in [1.29, 1.82) is 0 Å². The fourth-order valence-electron chi connectivity index (χ4n) is 3.78. The smallest absolute Gasteiger partial charge is 0.279 e. The molecular weight excluding hydrogens is 418 g/mol. The number of piperidine rings is 1. The number of benzene rings is 2. The maximum atomic E-state index is 12.9. The van der Waals surface area contributed by atoms with Gasteiger partial charge in [-0.3, -0.25) is 4.79 Å². The van der Waals surface area contributed by atoms with E-state index in [1.54, 1.807) is 16.4 Å². The summed E-state index contributed by atoms with van der Waals surface area (Å²) in [6, 6.07) is 12.2. The summed E-state index contributed by atoms with van der Waals surface area (Å²) in [4.78, 5) is 17.8. The van der Waals surface area contributed by atoms with Crippen molar-refractivity contribution in [3.63, 3.8) is 0 Å². The van der Waals surface area contributed by atoms with Gasteiger partial charge in [-0.05, 0) is 67.6 Å². The topological polar surface area (TPSA) is 71.7 Å². The lowest BCUT2D eigenvalue weighted by Gasteiger charge is -2.30. The van der Waals surface area contributed by atoms with Crippen LogP contribution in [0, 0.1) is 12.8 Å². The van der Waals surface area contributed by atoms with E-state index in [9.17, 15) is 13.2 Å². The quantitative estimate of drug-likeness (QED) is 0.620. The lowest BCUT2D eigenvalue weighted by molar-refractivity contribution is 0.0998. The Balaban J connectivity index is 1.61. The van der Waals surface area contributed by atoms with Crippen LogP contribution in [0.3, 0.4) is 0 Å². The van der Waals surface area contributed by atoms with Crippen molar-refractivity contribution in [2.75, 3.05) is 13.1 Å². The molecule has 1 saturated heterocycles. The summed E-state index contributed by atoms with van der Waals surface area (Å²) in [5.41, 5.74) is 2.55. The van der Waals surface area contributed by atoms with Crippen molar-refractivity contribution in [3.05, 3.63) is 58.4 Å². The third-order valence-corrected chi connectivity index (χ3v) is 8.49. The van der Waals surface area contributed by atoms with E-state index in [4.69, 9.17) is 0 Å². The zero-order chi connectivity index (χ0) is 21.5. The second-order valence-electron chi connectivity index (χ2n) is 7.97. The Morgan fingerprint density at radius 2 is 1.90 bits per heavy atom.